The van der Waals surface area contributed by atoms with Crippen LogP contribution >= 0.6 is 0 Å². The number of amides is 2. The van der Waals surface area contributed by atoms with Gasteiger partial charge in [0.25, 0.3) is 11.4 Å². The Hall–Kier alpha value is -5.85. The van der Waals surface area contributed by atoms with E-state index >= 15 is 0 Å². The Morgan fingerprint density at radius 1 is 0.574 bits per heavy atom. The molecule has 0 aromatic heterocycles. The molecule has 0 atom stereocenters. The number of ether oxygens (including phenoxy) is 2. The van der Waals surface area contributed by atoms with Crippen LogP contribution in [0.15, 0.2) is 103 Å². The first-order valence-electron chi connectivity index (χ1n) is 16.3. The minimum absolute atomic E-state index is 0. The molecule has 0 radical (unpaired) electrons. The van der Waals surface area contributed by atoms with E-state index in [9.17, 15) is 65.3 Å². The van der Waals surface area contributed by atoms with E-state index in [0.717, 1.165) is 24.3 Å². The van der Waals surface area contributed by atoms with E-state index in [1.54, 1.807) is 0 Å². The molecule has 4 aromatic rings. The second kappa shape index (κ2) is 22.7. The van der Waals surface area contributed by atoms with Gasteiger partial charge in [0.1, 0.15) is 54.7 Å². The summed E-state index contributed by atoms with van der Waals surface area (Å²) in [7, 11) is -7.03. The molecule has 2 amide bonds. The average molecular weight is 1010 g/mol. The van der Waals surface area contributed by atoms with E-state index in [1.807, 2.05) is 0 Å². The summed E-state index contributed by atoms with van der Waals surface area (Å²) >= 11 is 0. The topological polar surface area (TPSA) is 361 Å². The quantitative estimate of drug-likeness (QED) is 0.0359. The van der Waals surface area contributed by atoms with Crippen LogP contribution in [0.4, 0.5) is 45.5 Å². The van der Waals surface area contributed by atoms with Crippen molar-refractivity contribution in [2.24, 2.45) is 20.5 Å². The number of Topliss-reactive ketones (excluding diaryl/α,β-unsaturated/α-hetero) is 2. The number of hydrogen-bond acceptors (Lipinski definition) is 20. The smallest absolute Gasteiger partial charge is 0.744 e. The number of nitro benzene ring substituents is 2. The van der Waals surface area contributed by atoms with Crippen LogP contribution in [0, 0.1) is 20.2 Å². The molecule has 0 bridgehead atoms. The van der Waals surface area contributed by atoms with E-state index in [4.69, 9.17) is 9.47 Å². The van der Waals surface area contributed by atoms with Crippen LogP contribution < -0.4 is 20.1 Å². The fourth-order valence-electron chi connectivity index (χ4n) is 4.49. The van der Waals surface area contributed by atoms with Gasteiger partial charge in [-0.1, -0.05) is 0 Å². The van der Waals surface area contributed by atoms with Crippen molar-refractivity contribution >= 4 is 138 Å². The Balaban J connectivity index is 0.000000413. The third-order valence-corrected chi connectivity index (χ3v) is 8.83. The first-order valence-corrected chi connectivity index (χ1v) is 19.1. The number of ketones is 2. The van der Waals surface area contributed by atoms with Gasteiger partial charge in [-0.3, -0.25) is 39.4 Å². The second-order valence-electron chi connectivity index (χ2n) is 11.7. The number of rotatable bonds is 16. The van der Waals surface area contributed by atoms with Crippen molar-refractivity contribution in [2.45, 2.75) is 36.5 Å². The molecule has 0 aliphatic heterocycles. The summed E-state index contributed by atoms with van der Waals surface area (Å²) in [6.45, 7) is 2.50. The molecule has 0 aliphatic carbocycles. The maximum atomic E-state index is 11.9. The van der Waals surface area contributed by atoms with Crippen molar-refractivity contribution in [3.8, 4) is 11.5 Å². The number of nitrogens with one attached hydrogen (secondary N) is 2. The van der Waals surface area contributed by atoms with Crippen LogP contribution in [0.5, 0.6) is 11.5 Å². The number of benzene rings is 4. The Kier molecular flexibility index (Phi) is 19.1. The zero-order valence-corrected chi connectivity index (χ0v) is 38.2. The standard InChI is InChI=1S/2C17H16N4O8S.Ba/c2*1-10(22)7-17(23)18-13-5-3-11(29-2)8-15(13)20-19-14-6-4-12(30(26,27)28)9-16(14)21(24)25;/h2*3-6,8-9H,7H2,1-2H3,(H,18,23)(H,26,27,28);/q;;+2/p-2. The van der Waals surface area contributed by atoms with Gasteiger partial charge in [0, 0.05) is 24.3 Å². The summed E-state index contributed by atoms with van der Waals surface area (Å²) in [6, 6.07) is 13.5. The van der Waals surface area contributed by atoms with Gasteiger partial charge >= 0.3 is 48.9 Å². The number of azo groups is 2. The number of carbonyl (C=O) groups excluding carboxylic acids is 4. The second-order valence-corrected chi connectivity index (χ2v) is 14.5. The zero-order chi connectivity index (χ0) is 44.9. The Labute approximate surface area is 385 Å². The van der Waals surface area contributed by atoms with Crippen molar-refractivity contribution in [1.82, 2.24) is 0 Å². The molecular formula is C34H30BaN8O16S2. The summed E-state index contributed by atoms with van der Waals surface area (Å²) in [4.78, 5) is 65.0. The molecule has 0 saturated carbocycles. The van der Waals surface area contributed by atoms with Gasteiger partial charge < -0.3 is 29.2 Å². The Morgan fingerprint density at radius 3 is 1.18 bits per heavy atom. The van der Waals surface area contributed by atoms with Gasteiger partial charge in [-0.2, -0.15) is 0 Å². The van der Waals surface area contributed by atoms with Gasteiger partial charge in [0.05, 0.1) is 58.1 Å². The minimum Gasteiger partial charge on any atom is -0.744 e. The van der Waals surface area contributed by atoms with Gasteiger partial charge in [0.15, 0.2) is 11.4 Å². The summed E-state index contributed by atoms with van der Waals surface area (Å²) in [5.41, 5.74) is -1.71. The van der Waals surface area contributed by atoms with Crippen molar-refractivity contribution in [3.05, 3.63) is 93.0 Å². The maximum Gasteiger partial charge on any atom is 2.00 e. The Bertz CT molecular complexity index is 2480. The fourth-order valence-corrected chi connectivity index (χ4v) is 5.47. The van der Waals surface area contributed by atoms with Gasteiger partial charge in [0.2, 0.25) is 11.8 Å². The molecule has 0 fully saturated rings. The SMILES string of the molecule is COc1ccc(NC(=O)CC(C)=O)c(N=Nc2ccc(S(=O)(=O)[O-])cc2[N+](=O)[O-])c1.COc1ccc(NC(=O)CC(C)=O)c(N=Nc2ccc(S(=O)(=O)[O-])cc2[N+](=O)[O-])c1.[Ba+2]. The summed E-state index contributed by atoms with van der Waals surface area (Å²) in [6.07, 6.45) is -0.724. The monoisotopic (exact) mass is 1010 g/mol. The largest absolute Gasteiger partial charge is 2.00 e. The van der Waals surface area contributed by atoms with Crippen LogP contribution in [0.3, 0.4) is 0 Å². The number of nitro groups is 2. The van der Waals surface area contributed by atoms with Crippen LogP contribution in [0.1, 0.15) is 26.7 Å². The molecular weight excluding hydrogens is 978 g/mol. The zero-order valence-electron chi connectivity index (χ0n) is 32.1. The van der Waals surface area contributed by atoms with Crippen LogP contribution in [-0.2, 0) is 39.4 Å². The van der Waals surface area contributed by atoms with E-state index in [1.165, 1.54) is 64.5 Å². The molecule has 0 unspecified atom stereocenters. The molecule has 4 rings (SSSR count). The molecule has 0 spiro atoms. The minimum atomic E-state index is -4.90. The maximum absolute atomic E-state index is 11.9. The molecule has 4 aromatic carbocycles. The number of methoxy groups -OCH3 is 2. The first kappa shape index (κ1) is 51.3. The van der Waals surface area contributed by atoms with E-state index in [0.29, 0.717) is 23.6 Å². The molecule has 0 aliphatic rings. The number of nitrogens with zero attached hydrogens (tertiary/aromatic N) is 6. The van der Waals surface area contributed by atoms with E-state index < -0.39 is 63.1 Å². The molecule has 0 saturated heterocycles. The summed E-state index contributed by atoms with van der Waals surface area (Å²) in [5, 5.41) is 42.6. The average Bonchev–Trinajstić information content (AvgIpc) is 3.15. The third-order valence-electron chi connectivity index (χ3n) is 7.17. The van der Waals surface area contributed by atoms with Crippen LogP contribution in [0.25, 0.3) is 0 Å². The molecule has 2 N–H and O–H groups in total. The number of hydrogen-bond donors (Lipinski definition) is 2. The Morgan fingerprint density at radius 2 is 0.902 bits per heavy atom. The van der Waals surface area contributed by atoms with Crippen molar-refractivity contribution < 1.29 is 64.4 Å². The summed E-state index contributed by atoms with van der Waals surface area (Å²) in [5.74, 6) is -1.21. The fraction of sp³-hybridized carbons (Fsp3) is 0.176. The normalized spacial score (nSPS) is 11.1. The third kappa shape index (κ3) is 15.9. The van der Waals surface area contributed by atoms with Crippen molar-refractivity contribution in [3.63, 3.8) is 0 Å². The molecule has 24 nitrogen and oxygen atoms in total. The predicted molar refractivity (Wildman–Crippen MR) is 210 cm³/mol. The van der Waals surface area contributed by atoms with Crippen molar-refractivity contribution in [2.75, 3.05) is 24.9 Å². The van der Waals surface area contributed by atoms with Crippen LogP contribution in [-0.4, -0.2) is 122 Å². The van der Waals surface area contributed by atoms with E-state index in [2.05, 4.69) is 31.1 Å². The molecule has 27 heteroatoms. The first-order chi connectivity index (χ1) is 28.0. The molecule has 0 heterocycles. The van der Waals surface area contributed by atoms with Crippen LogP contribution in [0.2, 0.25) is 0 Å². The van der Waals surface area contributed by atoms with Gasteiger partial charge in [-0.05, 0) is 62.4 Å². The van der Waals surface area contributed by atoms with Gasteiger partial charge in [-0.25, -0.2) is 16.8 Å². The van der Waals surface area contributed by atoms with Crippen molar-refractivity contribution in [1.29, 1.82) is 0 Å². The van der Waals surface area contributed by atoms with E-state index in [-0.39, 0.29) is 107 Å². The molecule has 61 heavy (non-hydrogen) atoms. The van der Waals surface area contributed by atoms with Gasteiger partial charge in [-0.15, -0.1) is 20.5 Å². The molecule has 316 valence electrons. The number of carbonyl (C=O) groups is 4. The summed E-state index contributed by atoms with van der Waals surface area (Å²) < 4.78 is 76.6. The number of anilines is 2. The predicted octanol–water partition coefficient (Wildman–Crippen LogP) is 5.30.